The molecular weight excluding hydrogens is 347 g/mol. The van der Waals surface area contributed by atoms with Crippen molar-refractivity contribution in [1.29, 1.82) is 0 Å². The lowest BCUT2D eigenvalue weighted by molar-refractivity contribution is -0.696. The van der Waals surface area contributed by atoms with Gasteiger partial charge >= 0.3 is 7.25 Å². The molecule has 4 rings (SSSR count). The van der Waals surface area contributed by atoms with Gasteiger partial charge in [-0.25, -0.2) is 9.13 Å². The fraction of sp³-hybridized carbons (Fsp3) is 0.824. The van der Waals surface area contributed by atoms with Crippen molar-refractivity contribution >= 4 is 7.25 Å². The van der Waals surface area contributed by atoms with Crippen LogP contribution in [0, 0.1) is 5.92 Å². The van der Waals surface area contributed by atoms with E-state index in [1.165, 1.54) is 51.7 Å². The average Bonchev–Trinajstić information content (AvgIpc) is 3.04. The fourth-order valence-electron chi connectivity index (χ4n) is 3.79. The molecule has 1 atom stereocenters. The van der Waals surface area contributed by atoms with Gasteiger partial charge in [-0.05, 0) is 51.2 Å². The predicted molar refractivity (Wildman–Crippen MR) is 95.3 cm³/mol. The van der Waals surface area contributed by atoms with E-state index in [0.29, 0.717) is 0 Å². The third-order valence-electron chi connectivity index (χ3n) is 5.17. The van der Waals surface area contributed by atoms with E-state index in [4.69, 9.17) is 0 Å². The number of fused-ring (bicyclic) bond motifs is 3. The fourth-order valence-corrected chi connectivity index (χ4v) is 3.79. The second-order valence-electron chi connectivity index (χ2n) is 7.29. The molecule has 0 spiro atoms. The number of nitrogens with one attached hydrogen (secondary N) is 1. The molecule has 9 heteroatoms. The van der Waals surface area contributed by atoms with Gasteiger partial charge in [-0.3, -0.25) is 0 Å². The maximum Gasteiger partial charge on any atom is 0.673 e. The summed E-state index contributed by atoms with van der Waals surface area (Å²) in [7, 11) is -6.00. The van der Waals surface area contributed by atoms with Crippen LogP contribution in [0.25, 0.3) is 0 Å². The molecule has 150 valence electrons. The number of nitrogens with zero attached hydrogens (tertiary/aromatic N) is 3. The van der Waals surface area contributed by atoms with Crippen LogP contribution in [-0.2, 0) is 13.1 Å². The minimum absolute atomic E-state index is 0.756. The van der Waals surface area contributed by atoms with E-state index in [-0.39, 0.29) is 0 Å². The van der Waals surface area contributed by atoms with Gasteiger partial charge in [-0.1, -0.05) is 13.3 Å². The second kappa shape index (κ2) is 10.3. The van der Waals surface area contributed by atoms with Gasteiger partial charge in [0.05, 0.1) is 13.1 Å². The summed E-state index contributed by atoms with van der Waals surface area (Å²) in [5.74, 6) is 0.942. The Balaban J connectivity index is 0.000000431. The van der Waals surface area contributed by atoms with Crippen LogP contribution >= 0.6 is 0 Å². The first kappa shape index (κ1) is 21.2. The average molecular weight is 378 g/mol. The first-order chi connectivity index (χ1) is 12.3. The highest BCUT2D eigenvalue weighted by Gasteiger charge is 2.33. The molecule has 0 aliphatic carbocycles. The third kappa shape index (κ3) is 8.08. The van der Waals surface area contributed by atoms with Gasteiger partial charge in [0.15, 0.2) is 0 Å². The smallest absolute Gasteiger partial charge is 0.418 e. The second-order valence-corrected chi connectivity index (χ2v) is 7.29. The summed E-state index contributed by atoms with van der Waals surface area (Å²) in [6.45, 7) is 9.65. The topological polar surface area (TPSA) is 24.1 Å². The molecule has 3 aliphatic heterocycles. The first-order valence-electron chi connectivity index (χ1n) is 9.73. The number of unbranched alkanes of at least 4 members (excludes halogenated alkanes) is 1. The van der Waals surface area contributed by atoms with E-state index < -0.39 is 7.25 Å². The van der Waals surface area contributed by atoms with E-state index in [1.54, 1.807) is 0 Å². The number of piperidine rings is 3. The summed E-state index contributed by atoms with van der Waals surface area (Å²) in [6, 6.07) is 0.756. The largest absolute Gasteiger partial charge is 0.673 e. The predicted octanol–water partition coefficient (Wildman–Crippen LogP) is 2.95. The Labute approximate surface area is 153 Å². The Morgan fingerprint density at radius 3 is 2.42 bits per heavy atom. The van der Waals surface area contributed by atoms with Gasteiger partial charge < -0.3 is 27.5 Å². The number of hydrogen-bond acceptors (Lipinski definition) is 2. The number of imidazole rings is 1. The Bertz CT molecular complexity index is 509. The van der Waals surface area contributed by atoms with Crippen molar-refractivity contribution in [3.8, 4) is 0 Å². The normalized spacial score (nSPS) is 25.0. The van der Waals surface area contributed by atoms with Crippen molar-refractivity contribution in [2.45, 2.75) is 58.2 Å². The lowest BCUT2D eigenvalue weighted by Gasteiger charge is -2.45. The van der Waals surface area contributed by atoms with Crippen LogP contribution in [0.15, 0.2) is 18.7 Å². The van der Waals surface area contributed by atoms with Crippen LogP contribution in [-0.4, -0.2) is 48.9 Å². The Hall–Kier alpha value is -1.09. The summed E-state index contributed by atoms with van der Waals surface area (Å²) in [5.41, 5.74) is 0. The third-order valence-corrected chi connectivity index (χ3v) is 5.17. The molecule has 0 unspecified atom stereocenters. The molecule has 0 saturated carbocycles. The summed E-state index contributed by atoms with van der Waals surface area (Å²) >= 11 is 0. The zero-order valence-electron chi connectivity index (χ0n) is 15.6. The molecule has 0 aromatic carbocycles. The highest BCUT2D eigenvalue weighted by molar-refractivity contribution is 6.50. The van der Waals surface area contributed by atoms with Crippen molar-refractivity contribution in [3.05, 3.63) is 18.7 Å². The van der Waals surface area contributed by atoms with Crippen molar-refractivity contribution in [1.82, 2.24) is 14.8 Å². The zero-order chi connectivity index (χ0) is 19.0. The molecule has 4 nitrogen and oxygen atoms in total. The molecular formula is C17H31BF4N4. The number of aromatic nitrogens is 2. The van der Waals surface area contributed by atoms with E-state index in [9.17, 15) is 17.3 Å². The molecule has 0 amide bonds. The maximum atomic E-state index is 9.75. The van der Waals surface area contributed by atoms with Gasteiger partial charge in [-0.15, -0.1) is 0 Å². The van der Waals surface area contributed by atoms with E-state index in [1.807, 2.05) is 0 Å². The number of hydrogen-bond donors (Lipinski definition) is 1. The molecule has 26 heavy (non-hydrogen) atoms. The monoisotopic (exact) mass is 378 g/mol. The SMILES string of the molecule is CCCCn1cc[n+](CCCN[C@@H]2CN3CCC2CC3)c1.F[B-](F)(F)F. The molecule has 0 radical (unpaired) electrons. The van der Waals surface area contributed by atoms with Crippen LogP contribution in [0.1, 0.15) is 39.0 Å². The van der Waals surface area contributed by atoms with Crippen LogP contribution < -0.4 is 9.88 Å². The molecule has 2 bridgehead atoms. The van der Waals surface area contributed by atoms with Gasteiger partial charge in [0, 0.05) is 12.6 Å². The molecule has 3 saturated heterocycles. The number of halogens is 4. The molecule has 3 aliphatic rings. The number of rotatable bonds is 8. The van der Waals surface area contributed by atoms with E-state index in [0.717, 1.165) is 31.6 Å². The lowest BCUT2D eigenvalue weighted by atomic mass is 9.84. The van der Waals surface area contributed by atoms with Gasteiger partial charge in [-0.2, -0.15) is 0 Å². The molecule has 1 aromatic rings. The lowest BCUT2D eigenvalue weighted by Crippen LogP contribution is -2.56. The van der Waals surface area contributed by atoms with E-state index >= 15 is 0 Å². The quantitative estimate of drug-likeness (QED) is 0.326. The highest BCUT2D eigenvalue weighted by Crippen LogP contribution is 2.27. The molecule has 1 N–H and O–H groups in total. The van der Waals surface area contributed by atoms with Crippen molar-refractivity contribution in [2.75, 3.05) is 26.2 Å². The Kier molecular flexibility index (Phi) is 8.41. The van der Waals surface area contributed by atoms with Crippen molar-refractivity contribution in [3.63, 3.8) is 0 Å². The molecule has 3 fully saturated rings. The summed E-state index contributed by atoms with van der Waals surface area (Å²) in [4.78, 5) is 2.63. The molecule has 1 aromatic heterocycles. The Morgan fingerprint density at radius 2 is 1.85 bits per heavy atom. The minimum Gasteiger partial charge on any atom is -0.418 e. The summed E-state index contributed by atoms with van der Waals surface area (Å²) < 4.78 is 43.6. The minimum atomic E-state index is -6.00. The zero-order valence-corrected chi connectivity index (χ0v) is 15.6. The first-order valence-corrected chi connectivity index (χ1v) is 9.73. The standard InChI is InChI=1S/C17H31N4.BF4/c1-2-3-8-20-12-13-21(15-20)9-4-7-18-17-14-19-10-5-16(17)6-11-19;2-1(3,4)5/h12-13,15-18H,2-11,14H2,1H3;/q+1;-1/t17-;/m1./s1. The van der Waals surface area contributed by atoms with Crippen molar-refractivity contribution < 1.29 is 21.8 Å². The van der Waals surface area contributed by atoms with E-state index in [2.05, 4.69) is 45.0 Å². The van der Waals surface area contributed by atoms with Gasteiger partial charge in [0.1, 0.15) is 12.4 Å². The van der Waals surface area contributed by atoms with Crippen LogP contribution in [0.4, 0.5) is 17.3 Å². The van der Waals surface area contributed by atoms with Crippen molar-refractivity contribution in [2.24, 2.45) is 5.92 Å². The summed E-state index contributed by atoms with van der Waals surface area (Å²) in [6.07, 6.45) is 13.3. The summed E-state index contributed by atoms with van der Waals surface area (Å²) in [5, 5.41) is 3.80. The molecule has 4 heterocycles. The van der Waals surface area contributed by atoms with Crippen LogP contribution in [0.2, 0.25) is 0 Å². The van der Waals surface area contributed by atoms with Gasteiger partial charge in [0.2, 0.25) is 6.33 Å². The number of aryl methyl sites for hydroxylation is 2. The van der Waals surface area contributed by atoms with Crippen LogP contribution in [0.3, 0.4) is 0 Å². The highest BCUT2D eigenvalue weighted by atomic mass is 19.5. The van der Waals surface area contributed by atoms with Gasteiger partial charge in [0.25, 0.3) is 0 Å². The Morgan fingerprint density at radius 1 is 1.15 bits per heavy atom. The maximum absolute atomic E-state index is 9.75. The van der Waals surface area contributed by atoms with Crippen LogP contribution in [0.5, 0.6) is 0 Å².